The lowest BCUT2D eigenvalue weighted by Gasteiger charge is -2.16. The zero-order valence-corrected chi connectivity index (χ0v) is 16.4. The maximum absolute atomic E-state index is 12.2. The Labute approximate surface area is 165 Å². The van der Waals surface area contributed by atoms with E-state index in [0.29, 0.717) is 34.1 Å². The van der Waals surface area contributed by atoms with E-state index in [-0.39, 0.29) is 19.1 Å². The van der Waals surface area contributed by atoms with Crippen LogP contribution in [0, 0.1) is 6.92 Å². The van der Waals surface area contributed by atoms with Gasteiger partial charge in [0.15, 0.2) is 19.0 Å². The second kappa shape index (κ2) is 8.88. The average Bonchev–Trinajstić information content (AvgIpc) is 3.26. The molecule has 27 heavy (non-hydrogen) atoms. The monoisotopic (exact) mass is 407 g/mol. The van der Waals surface area contributed by atoms with Crippen molar-refractivity contribution in [1.29, 1.82) is 0 Å². The van der Waals surface area contributed by atoms with Gasteiger partial charge in [-0.2, -0.15) is 4.98 Å². The van der Waals surface area contributed by atoms with Crippen LogP contribution >= 0.6 is 22.9 Å². The zero-order valence-electron chi connectivity index (χ0n) is 14.8. The number of likely N-dealkylation sites (N-methyl/N-ethyl adjacent to an activating group) is 1. The fourth-order valence-electron chi connectivity index (χ4n) is 2.19. The molecule has 2 aromatic heterocycles. The largest absolute Gasteiger partial charge is 0.484 e. The Morgan fingerprint density at radius 2 is 1.89 bits per heavy atom. The summed E-state index contributed by atoms with van der Waals surface area (Å²) in [4.78, 5) is 18.9. The van der Waals surface area contributed by atoms with Crippen molar-refractivity contribution in [3.63, 3.8) is 0 Å². The first kappa shape index (κ1) is 19.2. The van der Waals surface area contributed by atoms with E-state index in [2.05, 4.69) is 10.1 Å². The molecule has 0 unspecified atom stereocenters. The van der Waals surface area contributed by atoms with Crippen LogP contribution in [-0.4, -0.2) is 34.6 Å². The third kappa shape index (κ3) is 5.70. The Bertz CT molecular complexity index is 894. The van der Waals surface area contributed by atoms with E-state index in [9.17, 15) is 4.79 Å². The fourth-order valence-corrected chi connectivity index (χ4v) is 3.33. The average molecular weight is 408 g/mol. The standard InChI is InChI=1S/C18H18ClN3O4S/c1-12-20-17(26-21-12)10-24-13-3-5-14(6-4-13)25-11-18(23)22(2)9-15-7-8-16(19)27-15/h3-8H,9-11H2,1-2H3. The highest BCUT2D eigenvalue weighted by Crippen LogP contribution is 2.22. The van der Waals surface area contributed by atoms with Crippen LogP contribution in [-0.2, 0) is 17.9 Å². The molecule has 0 aliphatic heterocycles. The number of aryl methyl sites for hydroxylation is 1. The van der Waals surface area contributed by atoms with Gasteiger partial charge in [0.25, 0.3) is 11.8 Å². The molecule has 3 aromatic rings. The number of hydrogen-bond donors (Lipinski definition) is 0. The van der Waals surface area contributed by atoms with E-state index in [1.165, 1.54) is 11.3 Å². The first-order valence-electron chi connectivity index (χ1n) is 8.12. The molecule has 1 aromatic carbocycles. The van der Waals surface area contributed by atoms with Gasteiger partial charge in [0.05, 0.1) is 10.9 Å². The third-order valence-electron chi connectivity index (χ3n) is 3.57. The fraction of sp³-hybridized carbons (Fsp3) is 0.278. The Morgan fingerprint density at radius 1 is 1.19 bits per heavy atom. The summed E-state index contributed by atoms with van der Waals surface area (Å²) < 4.78 is 16.8. The molecular formula is C18H18ClN3O4S. The summed E-state index contributed by atoms with van der Waals surface area (Å²) >= 11 is 7.36. The summed E-state index contributed by atoms with van der Waals surface area (Å²) in [6.45, 7) is 2.39. The van der Waals surface area contributed by atoms with Gasteiger partial charge in [-0.05, 0) is 43.3 Å². The lowest BCUT2D eigenvalue weighted by atomic mass is 10.3. The van der Waals surface area contributed by atoms with Crippen molar-refractivity contribution >= 4 is 28.8 Å². The van der Waals surface area contributed by atoms with Crippen LogP contribution in [0.5, 0.6) is 11.5 Å². The summed E-state index contributed by atoms with van der Waals surface area (Å²) in [5, 5.41) is 3.70. The number of carbonyl (C=O) groups excluding carboxylic acids is 1. The molecule has 0 fully saturated rings. The molecule has 7 nitrogen and oxygen atoms in total. The summed E-state index contributed by atoms with van der Waals surface area (Å²) in [7, 11) is 1.73. The molecule has 0 bridgehead atoms. The van der Waals surface area contributed by atoms with E-state index in [0.717, 1.165) is 4.88 Å². The number of amides is 1. The number of thiophene rings is 1. The van der Waals surface area contributed by atoms with Gasteiger partial charge in [-0.3, -0.25) is 4.79 Å². The Morgan fingerprint density at radius 3 is 2.48 bits per heavy atom. The summed E-state index contributed by atoms with van der Waals surface area (Å²) in [6, 6.07) is 10.7. The van der Waals surface area contributed by atoms with E-state index >= 15 is 0 Å². The Balaban J connectivity index is 1.44. The van der Waals surface area contributed by atoms with Crippen molar-refractivity contribution in [2.75, 3.05) is 13.7 Å². The lowest BCUT2D eigenvalue weighted by molar-refractivity contribution is -0.132. The van der Waals surface area contributed by atoms with Crippen molar-refractivity contribution in [1.82, 2.24) is 15.0 Å². The quantitative estimate of drug-likeness (QED) is 0.566. The second-order valence-corrected chi connectivity index (χ2v) is 7.54. The van der Waals surface area contributed by atoms with Gasteiger partial charge in [0, 0.05) is 11.9 Å². The number of benzene rings is 1. The van der Waals surface area contributed by atoms with Gasteiger partial charge in [-0.1, -0.05) is 16.8 Å². The molecule has 0 aliphatic rings. The Hall–Kier alpha value is -2.58. The molecule has 2 heterocycles. The van der Waals surface area contributed by atoms with Gasteiger partial charge in [0.1, 0.15) is 11.5 Å². The van der Waals surface area contributed by atoms with E-state index in [1.807, 2.05) is 12.1 Å². The minimum atomic E-state index is -0.119. The third-order valence-corrected chi connectivity index (χ3v) is 4.78. The molecule has 0 saturated heterocycles. The van der Waals surface area contributed by atoms with E-state index in [4.69, 9.17) is 25.6 Å². The predicted molar refractivity (Wildman–Crippen MR) is 101 cm³/mol. The molecular weight excluding hydrogens is 390 g/mol. The molecule has 1 amide bonds. The highest BCUT2D eigenvalue weighted by atomic mass is 35.5. The smallest absolute Gasteiger partial charge is 0.264 e. The number of nitrogens with zero attached hydrogens (tertiary/aromatic N) is 3. The van der Waals surface area contributed by atoms with Crippen LogP contribution in [0.1, 0.15) is 16.6 Å². The SMILES string of the molecule is Cc1noc(COc2ccc(OCC(=O)N(C)Cc3ccc(Cl)s3)cc2)n1. The van der Waals surface area contributed by atoms with Crippen LogP contribution in [0.2, 0.25) is 4.34 Å². The number of aromatic nitrogens is 2. The molecule has 0 atom stereocenters. The van der Waals surface area contributed by atoms with Crippen molar-refractivity contribution < 1.29 is 18.8 Å². The molecule has 0 N–H and O–H groups in total. The molecule has 0 saturated carbocycles. The first-order chi connectivity index (χ1) is 13.0. The molecule has 0 aliphatic carbocycles. The summed E-state index contributed by atoms with van der Waals surface area (Å²) in [5.74, 6) is 2.07. The Kier molecular flexibility index (Phi) is 6.31. The highest BCUT2D eigenvalue weighted by molar-refractivity contribution is 7.16. The van der Waals surface area contributed by atoms with E-state index in [1.54, 1.807) is 43.1 Å². The number of rotatable bonds is 8. The number of ether oxygens (including phenoxy) is 2. The molecule has 9 heteroatoms. The maximum atomic E-state index is 12.2. The van der Waals surface area contributed by atoms with Gasteiger partial charge in [-0.15, -0.1) is 11.3 Å². The molecule has 142 valence electrons. The van der Waals surface area contributed by atoms with Crippen molar-refractivity contribution in [3.05, 3.63) is 57.3 Å². The first-order valence-corrected chi connectivity index (χ1v) is 9.32. The van der Waals surface area contributed by atoms with Gasteiger partial charge >= 0.3 is 0 Å². The van der Waals surface area contributed by atoms with Crippen molar-refractivity contribution in [2.24, 2.45) is 0 Å². The van der Waals surface area contributed by atoms with Crippen LogP contribution < -0.4 is 9.47 Å². The predicted octanol–water partition coefficient (Wildman–Crippen LogP) is 3.71. The van der Waals surface area contributed by atoms with Gasteiger partial charge in [0.2, 0.25) is 0 Å². The van der Waals surface area contributed by atoms with Gasteiger partial charge < -0.3 is 18.9 Å². The van der Waals surface area contributed by atoms with Crippen molar-refractivity contribution in [2.45, 2.75) is 20.1 Å². The van der Waals surface area contributed by atoms with Crippen LogP contribution in [0.25, 0.3) is 0 Å². The normalized spacial score (nSPS) is 10.6. The number of hydrogen-bond acceptors (Lipinski definition) is 7. The van der Waals surface area contributed by atoms with Crippen LogP contribution in [0.15, 0.2) is 40.9 Å². The summed E-state index contributed by atoms with van der Waals surface area (Å²) in [5.41, 5.74) is 0. The highest BCUT2D eigenvalue weighted by Gasteiger charge is 2.11. The minimum absolute atomic E-state index is 0.0446. The number of carbonyl (C=O) groups is 1. The lowest BCUT2D eigenvalue weighted by Crippen LogP contribution is -2.30. The molecule has 3 rings (SSSR count). The second-order valence-electron chi connectivity index (χ2n) is 5.74. The topological polar surface area (TPSA) is 77.7 Å². The van der Waals surface area contributed by atoms with Gasteiger partial charge in [-0.25, -0.2) is 0 Å². The molecule has 0 radical (unpaired) electrons. The molecule has 0 spiro atoms. The maximum Gasteiger partial charge on any atom is 0.264 e. The van der Waals surface area contributed by atoms with Crippen molar-refractivity contribution in [3.8, 4) is 11.5 Å². The van der Waals surface area contributed by atoms with Crippen LogP contribution in [0.4, 0.5) is 0 Å². The van der Waals surface area contributed by atoms with E-state index < -0.39 is 0 Å². The zero-order chi connectivity index (χ0) is 19.2. The van der Waals surface area contributed by atoms with Crippen LogP contribution in [0.3, 0.4) is 0 Å². The number of halogens is 1. The summed E-state index contributed by atoms with van der Waals surface area (Å²) in [6.07, 6.45) is 0. The minimum Gasteiger partial charge on any atom is -0.484 e.